The Morgan fingerprint density at radius 3 is 2.52 bits per heavy atom. The highest BCUT2D eigenvalue weighted by molar-refractivity contribution is 6.05. The average molecular weight is 576 g/mol. The number of likely N-dealkylation sites (tertiary alicyclic amines) is 1. The van der Waals surface area contributed by atoms with Crippen molar-refractivity contribution in [3.8, 4) is 11.3 Å². The van der Waals surface area contributed by atoms with Crippen LogP contribution in [0.25, 0.3) is 17.3 Å². The van der Waals surface area contributed by atoms with Crippen molar-refractivity contribution < 1.29 is 22.8 Å². The molecule has 0 bridgehead atoms. The lowest BCUT2D eigenvalue weighted by Crippen LogP contribution is -2.24. The van der Waals surface area contributed by atoms with Crippen molar-refractivity contribution in [3.05, 3.63) is 95.8 Å². The second-order valence-electron chi connectivity index (χ2n) is 9.83. The third-order valence-electron chi connectivity index (χ3n) is 6.72. The van der Waals surface area contributed by atoms with Crippen LogP contribution in [-0.2, 0) is 17.5 Å². The molecule has 4 aromatic rings. The van der Waals surface area contributed by atoms with Gasteiger partial charge in [-0.25, -0.2) is 4.98 Å². The van der Waals surface area contributed by atoms with Crippen LogP contribution in [0, 0.1) is 0 Å². The number of hydrogen-bond acceptors (Lipinski definition) is 6. The minimum Gasteiger partial charge on any atom is -0.322 e. The topological polar surface area (TPSA) is 105 Å². The van der Waals surface area contributed by atoms with Gasteiger partial charge in [-0.05, 0) is 80.0 Å². The summed E-state index contributed by atoms with van der Waals surface area (Å²) < 4.78 is 40.7. The van der Waals surface area contributed by atoms with Crippen LogP contribution in [0.3, 0.4) is 0 Å². The predicted molar refractivity (Wildman–Crippen MR) is 152 cm³/mol. The lowest BCUT2D eigenvalue weighted by atomic mass is 10.1. The number of halogens is 3. The zero-order chi connectivity index (χ0) is 29.5. The lowest BCUT2D eigenvalue weighted by molar-refractivity contribution is -0.137. The number of amides is 2. The number of benzene rings is 2. The van der Waals surface area contributed by atoms with Gasteiger partial charge in [0.2, 0.25) is 5.91 Å². The van der Waals surface area contributed by atoms with Crippen molar-refractivity contribution in [2.24, 2.45) is 0 Å². The second kappa shape index (κ2) is 12.8. The fourth-order valence-electron chi connectivity index (χ4n) is 4.51. The van der Waals surface area contributed by atoms with Crippen molar-refractivity contribution in [3.63, 3.8) is 0 Å². The summed E-state index contributed by atoms with van der Waals surface area (Å²) in [5.74, 6) is -0.657. The normalized spacial score (nSPS) is 13.9. The van der Waals surface area contributed by atoms with Crippen molar-refractivity contribution in [2.75, 3.05) is 30.3 Å². The Kier molecular flexibility index (Phi) is 8.72. The van der Waals surface area contributed by atoms with E-state index in [-0.39, 0.29) is 11.3 Å². The molecule has 0 spiro atoms. The molecule has 3 heterocycles. The highest BCUT2D eigenvalue weighted by Crippen LogP contribution is 2.30. The molecule has 2 N–H and O–H groups in total. The smallest absolute Gasteiger partial charge is 0.322 e. The second-order valence-corrected chi connectivity index (χ2v) is 9.83. The monoisotopic (exact) mass is 575 g/mol. The summed E-state index contributed by atoms with van der Waals surface area (Å²) >= 11 is 0. The van der Waals surface area contributed by atoms with Gasteiger partial charge in [0.05, 0.1) is 18.3 Å². The van der Waals surface area contributed by atoms with Crippen LogP contribution in [0.5, 0.6) is 0 Å². The number of nitrogens with zero attached hydrogens (tertiary/aromatic N) is 5. The number of rotatable bonds is 9. The molecule has 42 heavy (non-hydrogen) atoms. The maximum absolute atomic E-state index is 13.0. The van der Waals surface area contributed by atoms with Gasteiger partial charge in [0, 0.05) is 35.6 Å². The third kappa shape index (κ3) is 7.67. The Labute approximate surface area is 240 Å². The zero-order valence-electron chi connectivity index (χ0n) is 22.5. The minimum atomic E-state index is -4.52. The first kappa shape index (κ1) is 28.7. The first-order chi connectivity index (χ1) is 20.2. The Morgan fingerprint density at radius 2 is 1.76 bits per heavy atom. The molecule has 1 aliphatic heterocycles. The first-order valence-corrected chi connectivity index (χ1v) is 13.4. The fraction of sp³-hybridized carbons (Fsp3) is 0.233. The van der Waals surface area contributed by atoms with Gasteiger partial charge < -0.3 is 15.5 Å². The quantitative estimate of drug-likeness (QED) is 0.261. The number of pyridine rings is 1. The van der Waals surface area contributed by atoms with Crippen LogP contribution in [0.4, 0.5) is 24.7 Å². The fourth-order valence-corrected chi connectivity index (χ4v) is 4.51. The molecule has 5 rings (SSSR count). The van der Waals surface area contributed by atoms with Crippen molar-refractivity contribution in [1.82, 2.24) is 24.9 Å². The van der Waals surface area contributed by atoms with E-state index in [9.17, 15) is 22.8 Å². The van der Waals surface area contributed by atoms with E-state index >= 15 is 0 Å². The minimum absolute atomic E-state index is 0.0239. The maximum Gasteiger partial charge on any atom is 0.416 e. The Bertz CT molecular complexity index is 1580. The molecule has 2 aromatic carbocycles. The number of nitrogens with one attached hydrogen (secondary N) is 2. The van der Waals surface area contributed by atoms with Crippen LogP contribution >= 0.6 is 0 Å². The third-order valence-corrected chi connectivity index (χ3v) is 6.72. The molecule has 0 saturated carbocycles. The summed E-state index contributed by atoms with van der Waals surface area (Å²) in [6, 6.07) is 14.2. The van der Waals surface area contributed by atoms with Gasteiger partial charge in [0.25, 0.3) is 5.91 Å². The Hall–Kier alpha value is -4.84. The van der Waals surface area contributed by atoms with E-state index < -0.39 is 23.6 Å². The van der Waals surface area contributed by atoms with E-state index in [0.29, 0.717) is 17.1 Å². The van der Waals surface area contributed by atoms with Gasteiger partial charge in [-0.3, -0.25) is 14.3 Å². The molecule has 0 unspecified atom stereocenters. The number of hydrogen-bond donors (Lipinski definition) is 2. The summed E-state index contributed by atoms with van der Waals surface area (Å²) in [6.45, 7) is 3.97. The van der Waals surface area contributed by atoms with Crippen LogP contribution in [-0.4, -0.2) is 56.3 Å². The number of anilines is 2. The van der Waals surface area contributed by atoms with Crippen LogP contribution in [0.1, 0.15) is 34.3 Å². The van der Waals surface area contributed by atoms with E-state index in [1.54, 1.807) is 30.5 Å². The maximum atomic E-state index is 13.0. The molecule has 216 valence electrons. The van der Waals surface area contributed by atoms with Gasteiger partial charge in [-0.2, -0.15) is 13.2 Å². The summed E-state index contributed by atoms with van der Waals surface area (Å²) in [6.07, 6.45) is 4.28. The average Bonchev–Trinajstić information content (AvgIpc) is 3.68. The molecule has 1 aliphatic rings. The van der Waals surface area contributed by atoms with Crippen LogP contribution in [0.15, 0.2) is 79.1 Å². The number of aromatic nitrogens is 4. The van der Waals surface area contributed by atoms with Crippen molar-refractivity contribution in [1.29, 1.82) is 0 Å². The number of alkyl halides is 3. The van der Waals surface area contributed by atoms with Gasteiger partial charge in [-0.15, -0.1) is 5.10 Å². The van der Waals surface area contributed by atoms with E-state index in [4.69, 9.17) is 0 Å². The largest absolute Gasteiger partial charge is 0.416 e. The molecule has 0 radical (unpaired) electrons. The van der Waals surface area contributed by atoms with E-state index in [2.05, 4.69) is 30.8 Å². The van der Waals surface area contributed by atoms with Gasteiger partial charge in [-0.1, -0.05) is 23.4 Å². The highest BCUT2D eigenvalue weighted by atomic mass is 19.4. The summed E-state index contributed by atoms with van der Waals surface area (Å²) in [7, 11) is 0. The van der Waals surface area contributed by atoms with Crippen molar-refractivity contribution >= 4 is 29.4 Å². The number of carbonyl (C=O) groups is 2. The van der Waals surface area contributed by atoms with Gasteiger partial charge >= 0.3 is 6.18 Å². The zero-order valence-corrected chi connectivity index (χ0v) is 22.5. The van der Waals surface area contributed by atoms with E-state index in [1.807, 2.05) is 10.9 Å². The van der Waals surface area contributed by atoms with Crippen molar-refractivity contribution in [2.45, 2.75) is 25.6 Å². The molecular formula is C30H28F3N7O2. The number of carbonyl (C=O) groups excluding carboxylic acids is 2. The molecule has 12 heteroatoms. The standard InChI is InChI=1S/C30H28F3N7O2/c31-30(32,33)24-7-4-8-25(18-24)35-29(42)22-6-3-5-21(17-22)9-12-28(41)36-27-11-10-23(19-34-27)26-20-40(38-37-26)16-15-39-13-1-2-14-39/h3-12,17-20H,1-2,13-16H2,(H,35,42)(H,34,36,41). The molecule has 0 atom stereocenters. The summed E-state index contributed by atoms with van der Waals surface area (Å²) in [4.78, 5) is 31.8. The molecule has 2 amide bonds. The lowest BCUT2D eigenvalue weighted by Gasteiger charge is -2.13. The van der Waals surface area contributed by atoms with Crippen LogP contribution in [0.2, 0.25) is 0 Å². The van der Waals surface area contributed by atoms with Gasteiger partial charge in [0.1, 0.15) is 11.5 Å². The summed E-state index contributed by atoms with van der Waals surface area (Å²) in [5, 5.41) is 13.6. The molecular weight excluding hydrogens is 547 g/mol. The predicted octanol–water partition coefficient (Wildman–Crippen LogP) is 5.36. The molecule has 1 saturated heterocycles. The van der Waals surface area contributed by atoms with Gasteiger partial charge in [0.15, 0.2) is 0 Å². The Morgan fingerprint density at radius 1 is 0.952 bits per heavy atom. The van der Waals surface area contributed by atoms with Crippen LogP contribution < -0.4 is 10.6 Å². The SMILES string of the molecule is O=C(C=Cc1cccc(C(=O)Nc2cccc(C(F)(F)F)c2)c1)Nc1ccc(-c2cn(CCN3CCCC3)nn2)cn1. The van der Waals surface area contributed by atoms with E-state index in [1.165, 1.54) is 49.3 Å². The molecule has 0 aliphatic carbocycles. The summed E-state index contributed by atoms with van der Waals surface area (Å²) in [5.41, 5.74) is 1.41. The van der Waals surface area contributed by atoms with E-state index in [0.717, 1.165) is 43.9 Å². The molecule has 2 aromatic heterocycles. The highest BCUT2D eigenvalue weighted by Gasteiger charge is 2.30. The molecule has 1 fully saturated rings. The first-order valence-electron chi connectivity index (χ1n) is 13.4. The Balaban J connectivity index is 1.14. The molecule has 9 nitrogen and oxygen atoms in total.